The molecule has 0 bridgehead atoms. The predicted molar refractivity (Wildman–Crippen MR) is 90.3 cm³/mol. The molecule has 156 valence electrons. The van der Waals surface area contributed by atoms with Crippen molar-refractivity contribution in [3.05, 3.63) is 41.1 Å². The average Bonchev–Trinajstić information content (AvgIpc) is 3.20. The summed E-state index contributed by atoms with van der Waals surface area (Å²) in [6.45, 7) is 1.18. The fraction of sp³-hybridized carbons (Fsp3) is 0.389. The van der Waals surface area contributed by atoms with Crippen molar-refractivity contribution < 1.29 is 35.9 Å². The maximum atomic E-state index is 13.1. The molecule has 0 spiro atoms. The highest BCUT2D eigenvalue weighted by Gasteiger charge is 2.37. The molecule has 1 aromatic heterocycles. The molecule has 0 atom stereocenters. The van der Waals surface area contributed by atoms with Crippen LogP contribution in [0.15, 0.2) is 24.3 Å². The number of carbonyl (C=O) groups excluding carboxylic acids is 1. The van der Waals surface area contributed by atoms with E-state index in [2.05, 4.69) is 14.7 Å². The van der Waals surface area contributed by atoms with Crippen LogP contribution >= 0.6 is 0 Å². The Kier molecular flexibility index (Phi) is 5.42. The minimum atomic E-state index is -5.01. The van der Waals surface area contributed by atoms with Crippen molar-refractivity contribution in [1.82, 2.24) is 9.97 Å². The Balaban J connectivity index is 2.20. The first-order valence-corrected chi connectivity index (χ1v) is 8.51. The summed E-state index contributed by atoms with van der Waals surface area (Å²) in [4.78, 5) is 21.7. The van der Waals surface area contributed by atoms with E-state index in [1.165, 1.54) is 6.07 Å². The molecule has 2 aromatic rings. The van der Waals surface area contributed by atoms with Crippen molar-refractivity contribution >= 4 is 11.8 Å². The zero-order valence-electron chi connectivity index (χ0n) is 15.1. The lowest BCUT2D eigenvalue weighted by Gasteiger charge is -2.18. The number of hydrogen-bond acceptors (Lipinski definition) is 5. The van der Waals surface area contributed by atoms with E-state index >= 15 is 0 Å². The molecule has 1 fully saturated rings. The highest BCUT2D eigenvalue weighted by molar-refractivity contribution is 5.88. The third kappa shape index (κ3) is 4.60. The SMILES string of the molecule is COC(=O)c1cc(N2CCCC2)nc(-c2cc(C(F)(F)F)cc(C(F)(F)F)c2)n1. The van der Waals surface area contributed by atoms with Crippen molar-refractivity contribution in [2.75, 3.05) is 25.1 Å². The van der Waals surface area contributed by atoms with Crippen molar-refractivity contribution in [2.45, 2.75) is 25.2 Å². The number of methoxy groups -OCH3 is 1. The van der Waals surface area contributed by atoms with E-state index in [4.69, 9.17) is 0 Å². The van der Waals surface area contributed by atoms with Gasteiger partial charge in [-0.25, -0.2) is 14.8 Å². The molecule has 1 aromatic carbocycles. The summed E-state index contributed by atoms with van der Waals surface area (Å²) >= 11 is 0. The maximum Gasteiger partial charge on any atom is 0.416 e. The summed E-state index contributed by atoms with van der Waals surface area (Å²) in [5.41, 5.74) is -3.74. The molecule has 1 saturated heterocycles. The molecule has 0 saturated carbocycles. The summed E-state index contributed by atoms with van der Waals surface area (Å²) < 4.78 is 83.5. The summed E-state index contributed by atoms with van der Waals surface area (Å²) in [5.74, 6) is -1.07. The van der Waals surface area contributed by atoms with Crippen molar-refractivity contribution in [2.24, 2.45) is 0 Å². The number of rotatable bonds is 3. The lowest BCUT2D eigenvalue weighted by Crippen LogP contribution is -2.21. The molecule has 0 amide bonds. The second-order valence-electron chi connectivity index (χ2n) is 6.42. The van der Waals surface area contributed by atoms with Crippen LogP contribution in [0.4, 0.5) is 32.2 Å². The van der Waals surface area contributed by atoms with E-state index in [0.717, 1.165) is 20.0 Å². The number of hydrogen-bond donors (Lipinski definition) is 0. The number of esters is 1. The first kappa shape index (κ1) is 20.9. The van der Waals surface area contributed by atoms with Gasteiger partial charge in [0.05, 0.1) is 18.2 Å². The zero-order valence-corrected chi connectivity index (χ0v) is 15.1. The summed E-state index contributed by atoms with van der Waals surface area (Å²) in [7, 11) is 1.09. The largest absolute Gasteiger partial charge is 0.464 e. The van der Waals surface area contributed by atoms with E-state index in [9.17, 15) is 31.1 Å². The Morgan fingerprint density at radius 2 is 1.48 bits per heavy atom. The summed E-state index contributed by atoms with van der Waals surface area (Å²) in [6.07, 6.45) is -8.33. The lowest BCUT2D eigenvalue weighted by atomic mass is 10.0. The molecular weight excluding hydrogens is 404 g/mol. The maximum absolute atomic E-state index is 13.1. The van der Waals surface area contributed by atoms with Crippen LogP contribution < -0.4 is 4.90 Å². The molecule has 0 radical (unpaired) electrons. The van der Waals surface area contributed by atoms with Crippen LogP contribution in [0.25, 0.3) is 11.4 Å². The van der Waals surface area contributed by atoms with Crippen LogP contribution in [0.3, 0.4) is 0 Å². The van der Waals surface area contributed by atoms with Gasteiger partial charge in [0.1, 0.15) is 5.82 Å². The molecule has 5 nitrogen and oxygen atoms in total. The van der Waals surface area contributed by atoms with E-state index in [0.29, 0.717) is 25.2 Å². The number of carbonyl (C=O) groups is 1. The third-order valence-electron chi connectivity index (χ3n) is 4.38. The normalized spacial score (nSPS) is 14.9. The molecule has 29 heavy (non-hydrogen) atoms. The van der Waals surface area contributed by atoms with E-state index in [-0.39, 0.29) is 17.6 Å². The van der Waals surface area contributed by atoms with Gasteiger partial charge in [0, 0.05) is 24.7 Å². The average molecular weight is 419 g/mol. The van der Waals surface area contributed by atoms with Gasteiger partial charge in [-0.1, -0.05) is 0 Å². The minimum Gasteiger partial charge on any atom is -0.464 e. The number of alkyl halides is 6. The van der Waals surface area contributed by atoms with Crippen LogP contribution in [-0.2, 0) is 17.1 Å². The summed E-state index contributed by atoms with van der Waals surface area (Å²) in [5, 5.41) is 0. The summed E-state index contributed by atoms with van der Waals surface area (Å²) in [6, 6.07) is 2.38. The molecule has 1 aliphatic heterocycles. The second kappa shape index (κ2) is 7.53. The van der Waals surface area contributed by atoms with Crippen LogP contribution in [0, 0.1) is 0 Å². The highest BCUT2D eigenvalue weighted by Crippen LogP contribution is 2.38. The number of anilines is 1. The quantitative estimate of drug-likeness (QED) is 0.539. The van der Waals surface area contributed by atoms with Crippen molar-refractivity contribution in [3.63, 3.8) is 0 Å². The lowest BCUT2D eigenvalue weighted by molar-refractivity contribution is -0.143. The topological polar surface area (TPSA) is 55.3 Å². The molecule has 11 heteroatoms. The molecule has 2 heterocycles. The third-order valence-corrected chi connectivity index (χ3v) is 4.38. The zero-order chi connectivity index (χ0) is 21.4. The second-order valence-corrected chi connectivity index (χ2v) is 6.42. The van der Waals surface area contributed by atoms with Gasteiger partial charge < -0.3 is 9.64 Å². The van der Waals surface area contributed by atoms with Gasteiger partial charge in [-0.05, 0) is 31.0 Å². The van der Waals surface area contributed by atoms with Crippen LogP contribution in [0.1, 0.15) is 34.5 Å². The molecule has 1 aliphatic rings. The molecular formula is C18H15F6N3O2. The van der Waals surface area contributed by atoms with Gasteiger partial charge in [0.25, 0.3) is 0 Å². The minimum absolute atomic E-state index is 0.0229. The van der Waals surface area contributed by atoms with Crippen LogP contribution in [-0.4, -0.2) is 36.1 Å². The van der Waals surface area contributed by atoms with Crippen LogP contribution in [0.2, 0.25) is 0 Å². The van der Waals surface area contributed by atoms with Crippen LogP contribution in [0.5, 0.6) is 0 Å². The van der Waals surface area contributed by atoms with Gasteiger partial charge in [0.15, 0.2) is 11.5 Å². The predicted octanol–water partition coefficient (Wildman–Crippen LogP) is 4.57. The Morgan fingerprint density at radius 1 is 0.931 bits per heavy atom. The Bertz CT molecular complexity index is 889. The highest BCUT2D eigenvalue weighted by atomic mass is 19.4. The Labute approximate surface area is 161 Å². The van der Waals surface area contributed by atoms with Gasteiger partial charge in [0.2, 0.25) is 0 Å². The number of nitrogens with zero attached hydrogens (tertiary/aromatic N) is 3. The standard InChI is InChI=1S/C18H15F6N3O2/c1-29-16(28)13-9-14(27-4-2-3-5-27)26-15(25-13)10-6-11(17(19,20)21)8-12(7-10)18(22,23)24/h6-9H,2-5H2,1H3. The molecule has 0 unspecified atom stereocenters. The smallest absolute Gasteiger partial charge is 0.416 e. The van der Waals surface area contributed by atoms with E-state index in [1.54, 1.807) is 4.90 Å². The fourth-order valence-corrected chi connectivity index (χ4v) is 2.96. The van der Waals surface area contributed by atoms with Crippen molar-refractivity contribution in [1.29, 1.82) is 0 Å². The van der Waals surface area contributed by atoms with E-state index < -0.39 is 40.8 Å². The van der Waals surface area contributed by atoms with Gasteiger partial charge >= 0.3 is 18.3 Å². The first-order chi connectivity index (χ1) is 13.5. The van der Waals surface area contributed by atoms with Crippen molar-refractivity contribution in [3.8, 4) is 11.4 Å². The molecule has 0 aliphatic carbocycles. The Morgan fingerprint density at radius 3 is 1.97 bits per heavy atom. The number of aromatic nitrogens is 2. The van der Waals surface area contributed by atoms with Gasteiger partial charge in [-0.3, -0.25) is 0 Å². The first-order valence-electron chi connectivity index (χ1n) is 8.51. The monoisotopic (exact) mass is 419 g/mol. The number of benzene rings is 1. The Hall–Kier alpha value is -2.85. The van der Waals surface area contributed by atoms with E-state index in [1.807, 2.05) is 0 Å². The number of halogens is 6. The number of ether oxygens (including phenoxy) is 1. The van der Waals surface area contributed by atoms with Gasteiger partial charge in [-0.15, -0.1) is 0 Å². The molecule has 0 N–H and O–H groups in total. The fourth-order valence-electron chi connectivity index (χ4n) is 2.96. The van der Waals surface area contributed by atoms with Gasteiger partial charge in [-0.2, -0.15) is 26.3 Å². The molecule has 3 rings (SSSR count).